The Morgan fingerprint density at radius 1 is 1.00 bits per heavy atom. The number of nitrogens with one attached hydrogen (secondary N) is 3. The highest BCUT2D eigenvalue weighted by Crippen LogP contribution is 2.18. The van der Waals surface area contributed by atoms with Crippen LogP contribution in [0.4, 0.5) is 11.6 Å². The highest BCUT2D eigenvalue weighted by atomic mass is 32.2. The summed E-state index contributed by atoms with van der Waals surface area (Å²) in [7, 11) is -3.88. The van der Waals surface area contributed by atoms with Crippen LogP contribution in [0.15, 0.2) is 59.5 Å². The first-order valence-electron chi connectivity index (χ1n) is 10.4. The summed E-state index contributed by atoms with van der Waals surface area (Å²) in [6.07, 6.45) is -0.0171. The van der Waals surface area contributed by atoms with Gasteiger partial charge in [-0.3, -0.25) is 10.1 Å². The van der Waals surface area contributed by atoms with E-state index in [-0.39, 0.29) is 22.1 Å². The number of nitrogens with zero attached hydrogens (tertiary/aromatic N) is 2. The van der Waals surface area contributed by atoms with E-state index in [2.05, 4.69) is 25.3 Å². The molecule has 0 saturated heterocycles. The van der Waals surface area contributed by atoms with Gasteiger partial charge in [0.25, 0.3) is 15.9 Å². The number of aromatic nitrogens is 2. The average Bonchev–Trinajstić information content (AvgIpc) is 2.72. The van der Waals surface area contributed by atoms with Crippen molar-refractivity contribution in [3.63, 3.8) is 0 Å². The van der Waals surface area contributed by atoms with E-state index >= 15 is 0 Å². The first kappa shape index (κ1) is 25.1. The normalized spacial score (nSPS) is 11.1. The molecule has 1 aromatic heterocycles. The number of benzene rings is 2. The number of thiocarbonyl (C=S) groups is 1. The predicted molar refractivity (Wildman–Crippen MR) is 135 cm³/mol. The molecule has 0 unspecified atom stereocenters. The molecule has 2 aromatic carbocycles. The van der Waals surface area contributed by atoms with Gasteiger partial charge in [0.1, 0.15) is 5.75 Å². The molecule has 3 aromatic rings. The van der Waals surface area contributed by atoms with Crippen molar-refractivity contribution in [1.29, 1.82) is 0 Å². The van der Waals surface area contributed by atoms with Crippen molar-refractivity contribution in [3.05, 3.63) is 71.5 Å². The third-order valence-electron chi connectivity index (χ3n) is 4.33. The standard InChI is InChI=1S/C23H25N5O4S2/c1-14(2)32-19-7-5-6-17(13-19)21(29)27-23(33)26-18-8-10-20(11-9-18)34(30,31)28-22-24-15(3)12-16(4)25-22/h5-14H,1-4H3,(H,24,25,28)(H2,26,27,29,33). The van der Waals surface area contributed by atoms with Crippen molar-refractivity contribution in [1.82, 2.24) is 15.3 Å². The van der Waals surface area contributed by atoms with E-state index in [0.29, 0.717) is 28.4 Å². The number of aryl methyl sites for hydroxylation is 2. The number of sulfonamides is 1. The molecule has 34 heavy (non-hydrogen) atoms. The Bertz CT molecular complexity index is 1290. The minimum absolute atomic E-state index is 0.00598. The van der Waals surface area contributed by atoms with Crippen molar-refractivity contribution < 1.29 is 17.9 Å². The van der Waals surface area contributed by atoms with Crippen LogP contribution in [-0.4, -0.2) is 35.5 Å². The van der Waals surface area contributed by atoms with Crippen LogP contribution in [0.25, 0.3) is 0 Å². The molecule has 1 heterocycles. The lowest BCUT2D eigenvalue weighted by molar-refractivity contribution is 0.0977. The lowest BCUT2D eigenvalue weighted by Crippen LogP contribution is -2.34. The monoisotopic (exact) mass is 499 g/mol. The SMILES string of the molecule is Cc1cc(C)nc(NS(=O)(=O)c2ccc(NC(=S)NC(=O)c3cccc(OC(C)C)c3)cc2)n1. The molecule has 178 valence electrons. The van der Waals surface area contributed by atoms with Crippen LogP contribution in [0, 0.1) is 13.8 Å². The summed E-state index contributed by atoms with van der Waals surface area (Å²) >= 11 is 5.21. The quantitative estimate of drug-likeness (QED) is 0.420. The Morgan fingerprint density at radius 2 is 1.65 bits per heavy atom. The fourth-order valence-corrected chi connectivity index (χ4v) is 4.14. The molecular weight excluding hydrogens is 474 g/mol. The summed E-state index contributed by atoms with van der Waals surface area (Å²) in [5.74, 6) is 0.188. The maximum absolute atomic E-state index is 12.6. The fourth-order valence-electron chi connectivity index (χ4n) is 2.99. The zero-order valence-electron chi connectivity index (χ0n) is 19.1. The minimum atomic E-state index is -3.88. The van der Waals surface area contributed by atoms with Crippen molar-refractivity contribution in [2.45, 2.75) is 38.7 Å². The second kappa shape index (κ2) is 10.6. The Labute approximate surface area is 204 Å². The fraction of sp³-hybridized carbons (Fsp3) is 0.217. The highest BCUT2D eigenvalue weighted by Gasteiger charge is 2.16. The smallest absolute Gasteiger partial charge is 0.264 e. The highest BCUT2D eigenvalue weighted by molar-refractivity contribution is 7.92. The van der Waals surface area contributed by atoms with Crippen LogP contribution in [0.2, 0.25) is 0 Å². The topological polar surface area (TPSA) is 122 Å². The molecule has 0 radical (unpaired) electrons. The number of hydrogen-bond donors (Lipinski definition) is 3. The van der Waals surface area contributed by atoms with Crippen LogP contribution >= 0.6 is 12.2 Å². The van der Waals surface area contributed by atoms with Gasteiger partial charge in [-0.05, 0) is 88.4 Å². The van der Waals surface area contributed by atoms with Crippen LogP contribution in [-0.2, 0) is 10.0 Å². The molecule has 0 aliphatic heterocycles. The van der Waals surface area contributed by atoms with E-state index in [0.717, 1.165) is 0 Å². The number of carbonyl (C=O) groups excluding carboxylic acids is 1. The van der Waals surface area contributed by atoms with E-state index in [9.17, 15) is 13.2 Å². The van der Waals surface area contributed by atoms with Gasteiger partial charge in [0.2, 0.25) is 5.95 Å². The number of hydrogen-bond acceptors (Lipinski definition) is 7. The largest absolute Gasteiger partial charge is 0.491 e. The number of carbonyl (C=O) groups is 1. The lowest BCUT2D eigenvalue weighted by Gasteiger charge is -2.12. The van der Waals surface area contributed by atoms with Crippen molar-refractivity contribution in [2.75, 3.05) is 10.0 Å². The van der Waals surface area contributed by atoms with Gasteiger partial charge < -0.3 is 10.1 Å². The summed E-state index contributed by atoms with van der Waals surface area (Å²) in [6.45, 7) is 7.31. The number of rotatable bonds is 7. The molecule has 0 atom stereocenters. The van der Waals surface area contributed by atoms with Crippen molar-refractivity contribution in [2.24, 2.45) is 0 Å². The van der Waals surface area contributed by atoms with E-state index in [1.807, 2.05) is 13.8 Å². The van der Waals surface area contributed by atoms with Gasteiger partial charge >= 0.3 is 0 Å². The summed E-state index contributed by atoms with van der Waals surface area (Å²) in [5, 5.41) is 5.52. The third kappa shape index (κ3) is 6.96. The van der Waals surface area contributed by atoms with Gasteiger partial charge in [0.15, 0.2) is 5.11 Å². The van der Waals surface area contributed by atoms with Crippen LogP contribution in [0.5, 0.6) is 5.75 Å². The second-order valence-electron chi connectivity index (χ2n) is 7.71. The summed E-state index contributed by atoms with van der Waals surface area (Å²) in [5.41, 5.74) is 2.20. The van der Waals surface area contributed by atoms with Crippen LogP contribution in [0.1, 0.15) is 35.6 Å². The third-order valence-corrected chi connectivity index (χ3v) is 5.87. The van der Waals surface area contributed by atoms with E-state index < -0.39 is 15.9 Å². The van der Waals surface area contributed by atoms with Gasteiger partial charge in [0, 0.05) is 22.6 Å². The molecule has 9 nitrogen and oxygen atoms in total. The van der Waals surface area contributed by atoms with Crippen molar-refractivity contribution >= 4 is 44.9 Å². The molecule has 3 rings (SSSR count). The molecular formula is C23H25N5O4S2. The predicted octanol–water partition coefficient (Wildman–Crippen LogP) is 3.81. The Hall–Kier alpha value is -3.57. The van der Waals surface area contributed by atoms with Crippen LogP contribution < -0.4 is 20.1 Å². The maximum Gasteiger partial charge on any atom is 0.264 e. The van der Waals surface area contributed by atoms with Gasteiger partial charge in [0.05, 0.1) is 11.0 Å². The van der Waals surface area contributed by atoms with E-state index in [1.54, 1.807) is 44.2 Å². The number of amides is 1. The number of ether oxygens (including phenoxy) is 1. The first-order valence-corrected chi connectivity index (χ1v) is 12.3. The molecule has 1 amide bonds. The van der Waals surface area contributed by atoms with Crippen molar-refractivity contribution in [3.8, 4) is 5.75 Å². The summed E-state index contributed by atoms with van der Waals surface area (Å²) < 4.78 is 33.3. The van der Waals surface area contributed by atoms with E-state index in [4.69, 9.17) is 17.0 Å². The minimum Gasteiger partial charge on any atom is -0.491 e. The molecule has 0 aliphatic rings. The van der Waals surface area contributed by atoms with Gasteiger partial charge in [-0.1, -0.05) is 6.07 Å². The van der Waals surface area contributed by atoms with Crippen LogP contribution in [0.3, 0.4) is 0 Å². The Balaban J connectivity index is 1.62. The van der Waals surface area contributed by atoms with Gasteiger partial charge in [-0.2, -0.15) is 0 Å². The molecule has 0 bridgehead atoms. The van der Waals surface area contributed by atoms with E-state index in [1.165, 1.54) is 24.3 Å². The lowest BCUT2D eigenvalue weighted by atomic mass is 10.2. The second-order valence-corrected chi connectivity index (χ2v) is 9.80. The zero-order chi connectivity index (χ0) is 24.9. The Morgan fingerprint density at radius 3 is 2.26 bits per heavy atom. The summed E-state index contributed by atoms with van der Waals surface area (Å²) in [4.78, 5) is 20.7. The molecule has 11 heteroatoms. The molecule has 0 saturated carbocycles. The molecule has 3 N–H and O–H groups in total. The molecule has 0 fully saturated rings. The molecule has 0 aliphatic carbocycles. The zero-order valence-corrected chi connectivity index (χ0v) is 20.8. The Kier molecular flexibility index (Phi) is 7.79. The van der Waals surface area contributed by atoms with Gasteiger partial charge in [-0.25, -0.2) is 23.1 Å². The summed E-state index contributed by atoms with van der Waals surface area (Å²) in [6, 6.07) is 14.4. The number of anilines is 2. The first-order chi connectivity index (χ1) is 16.0. The van der Waals surface area contributed by atoms with Gasteiger partial charge in [-0.15, -0.1) is 0 Å². The molecule has 0 spiro atoms. The maximum atomic E-state index is 12.6. The average molecular weight is 500 g/mol.